The van der Waals surface area contributed by atoms with Gasteiger partial charge in [0.05, 0.1) is 31.3 Å². The van der Waals surface area contributed by atoms with Gasteiger partial charge in [0.1, 0.15) is 22.9 Å². The predicted molar refractivity (Wildman–Crippen MR) is 109 cm³/mol. The topological polar surface area (TPSA) is 148 Å². The van der Waals surface area contributed by atoms with E-state index in [1.165, 1.54) is 55.6 Å². The minimum atomic E-state index is -2.38. The van der Waals surface area contributed by atoms with Crippen molar-refractivity contribution in [3.05, 3.63) is 70.2 Å². The molecule has 2 aromatic carbocycles. The Balaban J connectivity index is 1.79. The van der Waals surface area contributed by atoms with E-state index in [1.54, 1.807) is 0 Å². The number of rotatable bonds is 5. The first kappa shape index (κ1) is 22.2. The molecule has 7 atom stereocenters. The van der Waals surface area contributed by atoms with Gasteiger partial charge >= 0.3 is 5.97 Å². The number of methoxy groups -OCH3 is 1. The van der Waals surface area contributed by atoms with Gasteiger partial charge in [0, 0.05) is 10.9 Å². The summed E-state index contributed by atoms with van der Waals surface area (Å²) in [6.45, 7) is -0.886. The van der Waals surface area contributed by atoms with E-state index < -0.39 is 53.4 Å². The number of aliphatic hydroxyl groups is 6. The van der Waals surface area contributed by atoms with Crippen LogP contribution in [0.25, 0.3) is 0 Å². The third-order valence-corrected chi connectivity index (χ3v) is 7.15. The molecule has 31 heavy (non-hydrogen) atoms. The number of carbonyl (C=O) groups excluding carboxylic acids is 1. The van der Waals surface area contributed by atoms with Crippen LogP contribution in [0.5, 0.6) is 0 Å². The van der Waals surface area contributed by atoms with E-state index in [4.69, 9.17) is 11.6 Å². The van der Waals surface area contributed by atoms with E-state index in [0.717, 1.165) is 0 Å². The highest BCUT2D eigenvalue weighted by Crippen LogP contribution is 2.75. The lowest BCUT2D eigenvalue weighted by atomic mass is 9.30. The zero-order valence-electron chi connectivity index (χ0n) is 16.5. The second kappa shape index (κ2) is 7.25. The lowest BCUT2D eigenvalue weighted by Crippen LogP contribution is -2.99. The van der Waals surface area contributed by atoms with Gasteiger partial charge in [-0.15, -0.1) is 0 Å². The summed E-state index contributed by atoms with van der Waals surface area (Å²) in [4.78, 5) is 11.7. The van der Waals surface area contributed by atoms with Crippen molar-refractivity contribution in [2.75, 3.05) is 13.7 Å². The predicted octanol–water partition coefficient (Wildman–Crippen LogP) is -0.0714. The SMILES string of the molecule is COC(=O)c1ccc(C2C(O)[C@@]3(O)C(c4ccc(Cl)cc4)[C@@](O)([C@H](O)CO)[C@@]23O)cc1. The second-order valence-corrected chi connectivity index (χ2v) is 8.57. The molecule has 2 aromatic rings. The standard InChI is InChI=1S/C22H23ClO8/c1-31-19(27)13-4-2-11(3-5-13)16-18(26)21(29)17(12-6-8-14(23)9-7-12)20(28,15(25)10-24)22(16,21)30/h2-9,15-18,24-26,28-30H,10H2,1H3/t15-,16?,17?,18?,20+,21+,22+/m1/s1. The highest BCUT2D eigenvalue weighted by molar-refractivity contribution is 6.30. The molecule has 166 valence electrons. The van der Waals surface area contributed by atoms with Gasteiger partial charge < -0.3 is 35.4 Å². The van der Waals surface area contributed by atoms with E-state index in [0.29, 0.717) is 16.1 Å². The van der Waals surface area contributed by atoms with Crippen molar-refractivity contribution in [3.63, 3.8) is 0 Å². The van der Waals surface area contributed by atoms with Crippen LogP contribution in [0.15, 0.2) is 48.5 Å². The van der Waals surface area contributed by atoms with E-state index in [1.807, 2.05) is 0 Å². The van der Waals surface area contributed by atoms with Gasteiger partial charge in [-0.25, -0.2) is 4.79 Å². The third kappa shape index (κ3) is 2.55. The molecule has 0 bridgehead atoms. The molecule has 4 rings (SSSR count). The van der Waals surface area contributed by atoms with Crippen LogP contribution >= 0.6 is 11.6 Å². The quantitative estimate of drug-likeness (QED) is 0.347. The van der Waals surface area contributed by atoms with Crippen molar-refractivity contribution in [1.29, 1.82) is 0 Å². The van der Waals surface area contributed by atoms with Crippen molar-refractivity contribution in [2.24, 2.45) is 0 Å². The van der Waals surface area contributed by atoms with E-state index in [-0.39, 0.29) is 5.56 Å². The maximum atomic E-state index is 11.7. The molecule has 0 aromatic heterocycles. The van der Waals surface area contributed by atoms with E-state index in [9.17, 15) is 35.4 Å². The molecule has 0 spiro atoms. The van der Waals surface area contributed by atoms with Crippen LogP contribution in [0.3, 0.4) is 0 Å². The Bertz CT molecular complexity index is 996. The second-order valence-electron chi connectivity index (χ2n) is 8.14. The minimum Gasteiger partial charge on any atom is -0.465 e. The van der Waals surface area contributed by atoms with Crippen molar-refractivity contribution in [2.45, 2.75) is 40.8 Å². The Morgan fingerprint density at radius 2 is 1.61 bits per heavy atom. The number of fused-ring (bicyclic) bond motifs is 1. The monoisotopic (exact) mass is 450 g/mol. The molecule has 3 unspecified atom stereocenters. The molecule has 6 N–H and O–H groups in total. The number of carbonyl (C=O) groups is 1. The first-order chi connectivity index (χ1) is 14.6. The first-order valence-corrected chi connectivity index (χ1v) is 10.0. The molecule has 0 aliphatic heterocycles. The molecule has 2 saturated carbocycles. The fourth-order valence-electron chi connectivity index (χ4n) is 5.42. The number of ether oxygens (including phenoxy) is 1. The van der Waals surface area contributed by atoms with Gasteiger partial charge in [-0.3, -0.25) is 0 Å². The third-order valence-electron chi connectivity index (χ3n) is 6.89. The Kier molecular flexibility index (Phi) is 5.18. The molecule has 0 heterocycles. The Labute approximate surface area is 182 Å². The molecule has 2 aliphatic carbocycles. The van der Waals surface area contributed by atoms with Crippen molar-refractivity contribution < 1.29 is 40.2 Å². The summed E-state index contributed by atoms with van der Waals surface area (Å²) in [6, 6.07) is 11.8. The van der Waals surface area contributed by atoms with Gasteiger partial charge in [-0.05, 0) is 35.4 Å². The summed E-state index contributed by atoms with van der Waals surface area (Å²) in [5, 5.41) is 65.6. The normalized spacial score (nSPS) is 37.2. The van der Waals surface area contributed by atoms with Gasteiger partial charge in [-0.1, -0.05) is 35.9 Å². The molecular formula is C22H23ClO8. The number of aliphatic hydroxyl groups excluding tert-OH is 3. The van der Waals surface area contributed by atoms with Crippen molar-refractivity contribution >= 4 is 17.6 Å². The first-order valence-electron chi connectivity index (χ1n) is 9.66. The lowest BCUT2D eigenvalue weighted by Gasteiger charge is -2.80. The zero-order valence-corrected chi connectivity index (χ0v) is 17.3. The van der Waals surface area contributed by atoms with Crippen LogP contribution in [-0.4, -0.2) is 79.3 Å². The average molecular weight is 451 g/mol. The summed E-state index contributed by atoms with van der Waals surface area (Å²) in [7, 11) is 1.23. The fourth-order valence-corrected chi connectivity index (χ4v) is 5.54. The van der Waals surface area contributed by atoms with Crippen LogP contribution in [0.2, 0.25) is 5.02 Å². The summed E-state index contributed by atoms with van der Waals surface area (Å²) < 4.78 is 4.65. The molecule has 2 fully saturated rings. The smallest absolute Gasteiger partial charge is 0.337 e. The van der Waals surface area contributed by atoms with Crippen molar-refractivity contribution in [1.82, 2.24) is 0 Å². The Morgan fingerprint density at radius 3 is 2.13 bits per heavy atom. The number of hydrogen-bond donors (Lipinski definition) is 6. The van der Waals surface area contributed by atoms with Gasteiger partial charge in [0.25, 0.3) is 0 Å². The maximum absolute atomic E-state index is 11.7. The van der Waals surface area contributed by atoms with Crippen LogP contribution < -0.4 is 0 Å². The average Bonchev–Trinajstić information content (AvgIpc) is 2.79. The molecule has 9 heteroatoms. The van der Waals surface area contributed by atoms with Crippen molar-refractivity contribution in [3.8, 4) is 0 Å². The van der Waals surface area contributed by atoms with Crippen LogP contribution in [0, 0.1) is 0 Å². The number of esters is 1. The largest absolute Gasteiger partial charge is 0.465 e. The molecule has 2 aliphatic rings. The van der Waals surface area contributed by atoms with E-state index >= 15 is 0 Å². The maximum Gasteiger partial charge on any atom is 0.337 e. The highest BCUT2D eigenvalue weighted by Gasteiger charge is 2.93. The number of benzene rings is 2. The van der Waals surface area contributed by atoms with Gasteiger partial charge in [0.15, 0.2) is 0 Å². The molecule has 0 saturated heterocycles. The lowest BCUT2D eigenvalue weighted by molar-refractivity contribution is -0.459. The summed E-state index contributed by atoms with van der Waals surface area (Å²) >= 11 is 5.91. The summed E-state index contributed by atoms with van der Waals surface area (Å²) in [5.74, 6) is -3.07. The van der Waals surface area contributed by atoms with E-state index in [2.05, 4.69) is 4.74 Å². The minimum absolute atomic E-state index is 0.237. The Morgan fingerprint density at radius 1 is 1.06 bits per heavy atom. The fraction of sp³-hybridized carbons (Fsp3) is 0.409. The summed E-state index contributed by atoms with van der Waals surface area (Å²) in [6.07, 6.45) is -3.32. The number of halogens is 1. The highest BCUT2D eigenvalue weighted by atomic mass is 35.5. The van der Waals surface area contributed by atoms with Crippen LogP contribution in [-0.2, 0) is 4.74 Å². The zero-order chi connectivity index (χ0) is 22.8. The number of hydrogen-bond acceptors (Lipinski definition) is 8. The Hall–Kier alpha value is -2.04. The molecule has 8 nitrogen and oxygen atoms in total. The molecule has 0 radical (unpaired) electrons. The molecular weight excluding hydrogens is 428 g/mol. The van der Waals surface area contributed by atoms with Crippen LogP contribution in [0.4, 0.5) is 0 Å². The molecule has 0 amide bonds. The van der Waals surface area contributed by atoms with Gasteiger partial charge in [0.2, 0.25) is 0 Å². The van der Waals surface area contributed by atoms with Crippen LogP contribution in [0.1, 0.15) is 33.3 Å². The summed E-state index contributed by atoms with van der Waals surface area (Å²) in [5.41, 5.74) is -6.07. The van der Waals surface area contributed by atoms with Gasteiger partial charge in [-0.2, -0.15) is 0 Å².